The summed E-state index contributed by atoms with van der Waals surface area (Å²) in [6.07, 6.45) is 2.69. The van der Waals surface area contributed by atoms with Crippen LogP contribution in [0.4, 0.5) is 0 Å². The van der Waals surface area contributed by atoms with Crippen LogP contribution in [-0.4, -0.2) is 31.6 Å². The minimum Gasteiger partial charge on any atom is -0.496 e. The van der Waals surface area contributed by atoms with Gasteiger partial charge in [0, 0.05) is 31.7 Å². The summed E-state index contributed by atoms with van der Waals surface area (Å²) in [5.41, 5.74) is 3.35. The number of guanidine groups is 1. The van der Waals surface area contributed by atoms with Crippen LogP contribution in [0.5, 0.6) is 5.75 Å². The van der Waals surface area contributed by atoms with E-state index in [1.807, 2.05) is 30.5 Å². The number of methoxy groups -OCH3 is 1. The molecule has 2 N–H and O–H groups in total. The Hall–Kier alpha value is -3.08. The fourth-order valence-electron chi connectivity index (χ4n) is 2.93. The van der Waals surface area contributed by atoms with E-state index in [1.165, 1.54) is 5.56 Å². The zero-order valence-corrected chi connectivity index (χ0v) is 15.2. The number of ether oxygens (including phenoxy) is 1. The topological polar surface area (TPSA) is 58.5 Å². The fraction of sp³-hybridized carbons (Fsp3) is 0.238. The number of benzene rings is 2. The quantitative estimate of drug-likeness (QED) is 0.531. The maximum Gasteiger partial charge on any atom is 0.191 e. The lowest BCUT2D eigenvalue weighted by atomic mass is 10.1. The van der Waals surface area contributed by atoms with E-state index >= 15 is 0 Å². The summed E-state index contributed by atoms with van der Waals surface area (Å²) in [7, 11) is 3.48. The Morgan fingerprint density at radius 3 is 2.65 bits per heavy atom. The second-order valence-electron chi connectivity index (χ2n) is 5.91. The molecule has 0 saturated heterocycles. The van der Waals surface area contributed by atoms with E-state index in [1.54, 1.807) is 14.2 Å². The highest BCUT2D eigenvalue weighted by molar-refractivity contribution is 5.83. The summed E-state index contributed by atoms with van der Waals surface area (Å²) >= 11 is 0. The van der Waals surface area contributed by atoms with Crippen LogP contribution in [-0.2, 0) is 13.0 Å². The van der Waals surface area contributed by atoms with E-state index in [-0.39, 0.29) is 0 Å². The van der Waals surface area contributed by atoms with Gasteiger partial charge in [-0.05, 0) is 29.7 Å². The first-order valence-corrected chi connectivity index (χ1v) is 8.71. The number of aromatic nitrogens is 1. The van der Waals surface area contributed by atoms with Crippen molar-refractivity contribution in [2.24, 2.45) is 4.99 Å². The Morgan fingerprint density at radius 2 is 1.81 bits per heavy atom. The molecule has 0 spiro atoms. The number of hydrogen-bond acceptors (Lipinski definition) is 3. The lowest BCUT2D eigenvalue weighted by molar-refractivity contribution is 0.409. The number of nitrogens with one attached hydrogen (secondary N) is 2. The maximum atomic E-state index is 5.39. The summed E-state index contributed by atoms with van der Waals surface area (Å²) in [4.78, 5) is 8.79. The summed E-state index contributed by atoms with van der Waals surface area (Å²) in [5.74, 6) is 1.69. The summed E-state index contributed by atoms with van der Waals surface area (Å²) in [6.45, 7) is 1.44. The Balaban J connectivity index is 1.57. The van der Waals surface area contributed by atoms with Crippen LogP contribution >= 0.6 is 0 Å². The Kier molecular flexibility index (Phi) is 6.04. The minimum atomic E-state index is 0.669. The van der Waals surface area contributed by atoms with Crippen molar-refractivity contribution < 1.29 is 4.74 Å². The molecule has 1 heterocycles. The molecule has 0 atom stereocenters. The molecule has 0 aliphatic heterocycles. The molecule has 0 unspecified atom stereocenters. The number of pyridine rings is 1. The second-order valence-corrected chi connectivity index (χ2v) is 5.91. The van der Waals surface area contributed by atoms with Crippen LogP contribution in [0.25, 0.3) is 10.9 Å². The standard InChI is InChI=1S/C21H24N4O/c1-22-21(24-14-12-16-7-3-4-11-19(16)26-2)25-15-18-9-5-8-17-10-6-13-23-20(17)18/h3-11,13H,12,14-15H2,1-2H3,(H2,22,24,25). The van der Waals surface area contributed by atoms with E-state index in [0.29, 0.717) is 6.54 Å². The molecule has 1 aromatic heterocycles. The predicted octanol–water partition coefficient (Wildman–Crippen LogP) is 3.15. The molecule has 5 heteroatoms. The van der Waals surface area contributed by atoms with Gasteiger partial charge in [0.05, 0.1) is 12.6 Å². The number of fused-ring (bicyclic) bond motifs is 1. The van der Waals surface area contributed by atoms with Gasteiger partial charge >= 0.3 is 0 Å². The van der Waals surface area contributed by atoms with Crippen LogP contribution in [0.2, 0.25) is 0 Å². The van der Waals surface area contributed by atoms with Gasteiger partial charge in [0.15, 0.2) is 5.96 Å². The fourth-order valence-corrected chi connectivity index (χ4v) is 2.93. The van der Waals surface area contributed by atoms with E-state index in [4.69, 9.17) is 4.74 Å². The Bertz CT molecular complexity index is 887. The van der Waals surface area contributed by atoms with Gasteiger partial charge < -0.3 is 15.4 Å². The molecule has 0 aliphatic rings. The van der Waals surface area contributed by atoms with Gasteiger partial charge in [-0.25, -0.2) is 0 Å². The third-order valence-corrected chi connectivity index (χ3v) is 4.27. The lowest BCUT2D eigenvalue weighted by Crippen LogP contribution is -2.37. The Labute approximate surface area is 154 Å². The summed E-state index contributed by atoms with van der Waals surface area (Å²) in [6, 6.07) is 18.3. The average Bonchev–Trinajstić information content (AvgIpc) is 2.70. The van der Waals surface area contributed by atoms with Gasteiger partial charge in [0.1, 0.15) is 5.75 Å². The van der Waals surface area contributed by atoms with Crippen LogP contribution in [0.15, 0.2) is 65.8 Å². The van der Waals surface area contributed by atoms with E-state index in [2.05, 4.69) is 50.9 Å². The van der Waals surface area contributed by atoms with Crippen molar-refractivity contribution in [1.82, 2.24) is 15.6 Å². The predicted molar refractivity (Wildman–Crippen MR) is 107 cm³/mol. The first kappa shape index (κ1) is 17.7. The highest BCUT2D eigenvalue weighted by Crippen LogP contribution is 2.17. The molecule has 0 radical (unpaired) electrons. The monoisotopic (exact) mass is 348 g/mol. The number of hydrogen-bond donors (Lipinski definition) is 2. The highest BCUT2D eigenvalue weighted by Gasteiger charge is 2.05. The third kappa shape index (κ3) is 4.30. The normalized spacial score (nSPS) is 11.4. The van der Waals surface area contributed by atoms with Crippen molar-refractivity contribution in [1.29, 1.82) is 0 Å². The number of aliphatic imine (C=N–C) groups is 1. The zero-order valence-electron chi connectivity index (χ0n) is 15.2. The van der Waals surface area contributed by atoms with E-state index in [9.17, 15) is 0 Å². The van der Waals surface area contributed by atoms with Crippen molar-refractivity contribution in [3.05, 3.63) is 71.9 Å². The third-order valence-electron chi connectivity index (χ3n) is 4.27. The van der Waals surface area contributed by atoms with Crippen molar-refractivity contribution in [3.8, 4) is 5.75 Å². The van der Waals surface area contributed by atoms with Crippen molar-refractivity contribution >= 4 is 16.9 Å². The summed E-state index contributed by atoms with van der Waals surface area (Å²) < 4.78 is 5.39. The minimum absolute atomic E-state index is 0.669. The maximum absolute atomic E-state index is 5.39. The SMILES string of the molecule is CN=C(NCCc1ccccc1OC)NCc1cccc2cccnc12. The first-order chi connectivity index (χ1) is 12.8. The number of rotatable bonds is 6. The molecule has 0 aliphatic carbocycles. The number of nitrogens with zero attached hydrogens (tertiary/aromatic N) is 2. The first-order valence-electron chi connectivity index (χ1n) is 8.71. The average molecular weight is 348 g/mol. The van der Waals surface area contributed by atoms with Crippen LogP contribution in [0.1, 0.15) is 11.1 Å². The van der Waals surface area contributed by atoms with Gasteiger partial charge in [-0.15, -0.1) is 0 Å². The highest BCUT2D eigenvalue weighted by atomic mass is 16.5. The van der Waals surface area contributed by atoms with Crippen LogP contribution in [0.3, 0.4) is 0 Å². The second kappa shape index (κ2) is 8.85. The van der Waals surface area contributed by atoms with E-state index in [0.717, 1.165) is 41.1 Å². The van der Waals surface area contributed by atoms with Crippen molar-refractivity contribution in [3.63, 3.8) is 0 Å². The molecule has 5 nitrogen and oxygen atoms in total. The molecule has 0 saturated carbocycles. The molecule has 134 valence electrons. The van der Waals surface area contributed by atoms with Gasteiger partial charge in [-0.2, -0.15) is 0 Å². The molecule has 26 heavy (non-hydrogen) atoms. The van der Waals surface area contributed by atoms with Crippen molar-refractivity contribution in [2.45, 2.75) is 13.0 Å². The van der Waals surface area contributed by atoms with Gasteiger partial charge in [0.2, 0.25) is 0 Å². The zero-order chi connectivity index (χ0) is 18.2. The van der Waals surface area contributed by atoms with Crippen LogP contribution in [0, 0.1) is 0 Å². The lowest BCUT2D eigenvalue weighted by Gasteiger charge is -2.14. The molecule has 2 aromatic carbocycles. The molecule has 3 rings (SSSR count). The van der Waals surface area contributed by atoms with Crippen molar-refractivity contribution in [2.75, 3.05) is 20.7 Å². The molecule has 0 amide bonds. The molecule has 3 aromatic rings. The van der Waals surface area contributed by atoms with Gasteiger partial charge in [0.25, 0.3) is 0 Å². The largest absolute Gasteiger partial charge is 0.496 e. The number of para-hydroxylation sites is 2. The molecular weight excluding hydrogens is 324 g/mol. The summed E-state index contributed by atoms with van der Waals surface area (Å²) in [5, 5.41) is 7.86. The smallest absolute Gasteiger partial charge is 0.191 e. The van der Waals surface area contributed by atoms with Gasteiger partial charge in [-0.3, -0.25) is 9.98 Å². The van der Waals surface area contributed by atoms with Gasteiger partial charge in [-0.1, -0.05) is 42.5 Å². The van der Waals surface area contributed by atoms with Crippen LogP contribution < -0.4 is 15.4 Å². The molecular formula is C21H24N4O. The van der Waals surface area contributed by atoms with E-state index < -0.39 is 0 Å². The molecule has 0 fully saturated rings. The molecule has 0 bridgehead atoms. The Morgan fingerprint density at radius 1 is 1.00 bits per heavy atom.